The molecule has 1 aliphatic rings. The SMILES string of the molecule is COc1ccccc1-n1c(C(C)N2CCN(C(=O)/C=C/c3ccccc3)C(C)C2)nc2ccccc2c1=O. The molecule has 7 heteroatoms. The summed E-state index contributed by atoms with van der Waals surface area (Å²) in [5.41, 5.74) is 2.19. The Bertz CT molecular complexity index is 1530. The molecule has 0 radical (unpaired) electrons. The van der Waals surface area contributed by atoms with Gasteiger partial charge < -0.3 is 9.64 Å². The van der Waals surface area contributed by atoms with E-state index in [1.54, 1.807) is 23.8 Å². The number of piperazine rings is 1. The van der Waals surface area contributed by atoms with Crippen LogP contribution in [0.1, 0.15) is 31.3 Å². The molecule has 7 nitrogen and oxygen atoms in total. The van der Waals surface area contributed by atoms with Gasteiger partial charge in [0.05, 0.1) is 29.7 Å². The minimum absolute atomic E-state index is 0.00316. The van der Waals surface area contributed by atoms with E-state index in [2.05, 4.69) is 18.7 Å². The summed E-state index contributed by atoms with van der Waals surface area (Å²) < 4.78 is 7.28. The molecule has 2 unspecified atom stereocenters. The average Bonchev–Trinajstić information content (AvgIpc) is 2.96. The summed E-state index contributed by atoms with van der Waals surface area (Å²) in [7, 11) is 1.60. The van der Waals surface area contributed by atoms with Gasteiger partial charge in [0, 0.05) is 31.8 Å². The van der Waals surface area contributed by atoms with Gasteiger partial charge in [-0.25, -0.2) is 4.98 Å². The van der Waals surface area contributed by atoms with Crippen molar-refractivity contribution in [3.8, 4) is 11.4 Å². The van der Waals surface area contributed by atoms with Crippen molar-refractivity contribution in [1.82, 2.24) is 19.4 Å². The lowest BCUT2D eigenvalue weighted by molar-refractivity contribution is -0.130. The summed E-state index contributed by atoms with van der Waals surface area (Å²) in [5.74, 6) is 1.26. The Hall–Kier alpha value is -4.23. The lowest BCUT2D eigenvalue weighted by atomic mass is 10.1. The van der Waals surface area contributed by atoms with Crippen LogP contribution in [0.5, 0.6) is 5.75 Å². The highest BCUT2D eigenvalue weighted by Crippen LogP contribution is 2.28. The molecule has 5 rings (SSSR count). The third-order valence-corrected chi connectivity index (χ3v) is 7.21. The van der Waals surface area contributed by atoms with Crippen LogP contribution >= 0.6 is 0 Å². The predicted molar refractivity (Wildman–Crippen MR) is 151 cm³/mol. The molecule has 0 aliphatic carbocycles. The molecule has 2 heterocycles. The third kappa shape index (κ3) is 4.97. The van der Waals surface area contributed by atoms with E-state index in [9.17, 15) is 9.59 Å². The smallest absolute Gasteiger partial charge is 0.266 e. The number of benzene rings is 3. The van der Waals surface area contributed by atoms with Crippen LogP contribution in [0.15, 0.2) is 89.7 Å². The minimum Gasteiger partial charge on any atom is -0.495 e. The molecule has 38 heavy (non-hydrogen) atoms. The van der Waals surface area contributed by atoms with Crippen LogP contribution < -0.4 is 10.3 Å². The minimum atomic E-state index is -0.170. The molecule has 0 saturated carbocycles. The third-order valence-electron chi connectivity index (χ3n) is 7.21. The highest BCUT2D eigenvalue weighted by molar-refractivity contribution is 5.92. The summed E-state index contributed by atoms with van der Waals surface area (Å²) in [6.45, 7) is 6.07. The molecule has 1 saturated heterocycles. The zero-order chi connectivity index (χ0) is 26.6. The molecule has 4 aromatic rings. The van der Waals surface area contributed by atoms with Crippen LogP contribution in [-0.2, 0) is 4.79 Å². The van der Waals surface area contributed by atoms with Gasteiger partial charge in [-0.15, -0.1) is 0 Å². The fourth-order valence-corrected chi connectivity index (χ4v) is 5.13. The van der Waals surface area contributed by atoms with E-state index in [4.69, 9.17) is 9.72 Å². The van der Waals surface area contributed by atoms with Crippen molar-refractivity contribution < 1.29 is 9.53 Å². The number of para-hydroxylation sites is 3. The van der Waals surface area contributed by atoms with Crippen LogP contribution in [-0.4, -0.2) is 58.0 Å². The standard InChI is InChI=1S/C31H32N4O3/c1-22-21-33(19-20-34(22)29(36)18-17-24-11-5-4-6-12-24)23(2)30-32-26-14-8-7-13-25(26)31(37)35(30)27-15-9-10-16-28(27)38-3/h4-18,22-23H,19-21H2,1-3H3/b18-17+. The van der Waals surface area contributed by atoms with Gasteiger partial charge in [-0.3, -0.25) is 19.1 Å². The quantitative estimate of drug-likeness (QED) is 0.353. The summed E-state index contributed by atoms with van der Waals surface area (Å²) in [6.07, 6.45) is 3.50. The number of aromatic nitrogens is 2. The largest absolute Gasteiger partial charge is 0.495 e. The van der Waals surface area contributed by atoms with Gasteiger partial charge >= 0.3 is 0 Å². The highest BCUT2D eigenvalue weighted by Gasteiger charge is 2.31. The molecule has 1 aliphatic heterocycles. The van der Waals surface area contributed by atoms with E-state index in [0.717, 1.165) is 5.56 Å². The van der Waals surface area contributed by atoms with Gasteiger partial charge in [-0.1, -0.05) is 54.6 Å². The summed E-state index contributed by atoms with van der Waals surface area (Å²) in [6, 6.07) is 24.6. The van der Waals surface area contributed by atoms with Crippen LogP contribution in [0.2, 0.25) is 0 Å². The van der Waals surface area contributed by atoms with Crippen molar-refractivity contribution in [2.45, 2.75) is 25.9 Å². The first-order valence-corrected chi connectivity index (χ1v) is 12.9. The van der Waals surface area contributed by atoms with E-state index in [1.807, 2.05) is 83.8 Å². The monoisotopic (exact) mass is 508 g/mol. The maximum atomic E-state index is 13.8. The number of nitrogens with zero attached hydrogens (tertiary/aromatic N) is 4. The Morgan fingerprint density at radius 1 is 1.00 bits per heavy atom. The fraction of sp³-hybridized carbons (Fsp3) is 0.258. The second-order valence-corrected chi connectivity index (χ2v) is 9.60. The second kappa shape index (κ2) is 11.0. The first-order chi connectivity index (χ1) is 18.5. The summed E-state index contributed by atoms with van der Waals surface area (Å²) >= 11 is 0. The van der Waals surface area contributed by atoms with Crippen LogP contribution in [0.4, 0.5) is 0 Å². The Balaban J connectivity index is 1.44. The molecular weight excluding hydrogens is 476 g/mol. The van der Waals surface area contributed by atoms with Gasteiger partial charge in [-0.2, -0.15) is 0 Å². The lowest BCUT2D eigenvalue weighted by Crippen LogP contribution is -2.54. The van der Waals surface area contributed by atoms with Crippen LogP contribution in [0, 0.1) is 0 Å². The van der Waals surface area contributed by atoms with E-state index in [1.165, 1.54) is 0 Å². The molecule has 0 N–H and O–H groups in total. The summed E-state index contributed by atoms with van der Waals surface area (Å²) in [4.78, 5) is 35.9. The number of ether oxygens (including phenoxy) is 1. The molecule has 1 fully saturated rings. The molecule has 1 aromatic heterocycles. The molecule has 3 aromatic carbocycles. The van der Waals surface area contributed by atoms with Crippen molar-refractivity contribution in [2.75, 3.05) is 26.7 Å². The Kier molecular flexibility index (Phi) is 7.38. The number of methoxy groups -OCH3 is 1. The normalized spacial score (nSPS) is 17.1. The van der Waals surface area contributed by atoms with Gasteiger partial charge in [-0.05, 0) is 49.8 Å². The first kappa shape index (κ1) is 25.4. The zero-order valence-electron chi connectivity index (χ0n) is 21.9. The molecular formula is C31H32N4O3. The number of amides is 1. The van der Waals surface area contributed by atoms with Crippen molar-refractivity contribution in [3.05, 3.63) is 107 Å². The molecule has 194 valence electrons. The number of hydrogen-bond acceptors (Lipinski definition) is 5. The second-order valence-electron chi connectivity index (χ2n) is 9.60. The number of carbonyl (C=O) groups excluding carboxylic acids is 1. The van der Waals surface area contributed by atoms with Gasteiger partial charge in [0.1, 0.15) is 11.6 Å². The maximum absolute atomic E-state index is 13.8. The van der Waals surface area contributed by atoms with Crippen LogP contribution in [0.3, 0.4) is 0 Å². The Morgan fingerprint density at radius 3 is 2.47 bits per heavy atom. The van der Waals surface area contributed by atoms with Gasteiger partial charge in [0.2, 0.25) is 5.91 Å². The molecule has 0 spiro atoms. The van der Waals surface area contributed by atoms with Gasteiger partial charge in [0.15, 0.2) is 0 Å². The van der Waals surface area contributed by atoms with Crippen molar-refractivity contribution >= 4 is 22.9 Å². The molecule has 1 amide bonds. The van der Waals surface area contributed by atoms with E-state index in [-0.39, 0.29) is 23.6 Å². The topological polar surface area (TPSA) is 67.7 Å². The van der Waals surface area contributed by atoms with Crippen molar-refractivity contribution in [3.63, 3.8) is 0 Å². The number of rotatable bonds is 6. The van der Waals surface area contributed by atoms with E-state index < -0.39 is 0 Å². The van der Waals surface area contributed by atoms with Crippen LogP contribution in [0.25, 0.3) is 22.7 Å². The molecule has 2 atom stereocenters. The molecule has 0 bridgehead atoms. The first-order valence-electron chi connectivity index (χ1n) is 12.9. The Labute approximate surface area is 222 Å². The van der Waals surface area contributed by atoms with Crippen molar-refractivity contribution in [2.24, 2.45) is 0 Å². The van der Waals surface area contributed by atoms with Gasteiger partial charge in [0.25, 0.3) is 5.56 Å². The van der Waals surface area contributed by atoms with Crippen molar-refractivity contribution in [1.29, 1.82) is 0 Å². The maximum Gasteiger partial charge on any atom is 0.266 e. The van der Waals surface area contributed by atoms with E-state index >= 15 is 0 Å². The summed E-state index contributed by atoms with van der Waals surface area (Å²) in [5, 5.41) is 0.559. The number of carbonyl (C=O) groups is 1. The average molecular weight is 509 g/mol. The highest BCUT2D eigenvalue weighted by atomic mass is 16.5. The number of fused-ring (bicyclic) bond motifs is 1. The zero-order valence-corrected chi connectivity index (χ0v) is 21.9. The fourth-order valence-electron chi connectivity index (χ4n) is 5.13. The Morgan fingerprint density at radius 2 is 1.71 bits per heavy atom. The number of hydrogen-bond donors (Lipinski definition) is 0. The lowest BCUT2D eigenvalue weighted by Gasteiger charge is -2.42. The van der Waals surface area contributed by atoms with E-state index in [0.29, 0.717) is 47.8 Å². The predicted octanol–water partition coefficient (Wildman–Crippen LogP) is 4.70.